The fraction of sp³-hybridized carbons (Fsp3) is 1.00. The van der Waals surface area contributed by atoms with Crippen molar-refractivity contribution in [1.29, 1.82) is 0 Å². The molecule has 4 nitrogen and oxygen atoms in total. The number of methoxy groups -OCH3 is 1. The molecule has 4 heteroatoms. The highest BCUT2D eigenvalue weighted by Gasteiger charge is 2.27. The molecular formula is C13H29N3O. The first-order chi connectivity index (χ1) is 8.24. The second-order valence-corrected chi connectivity index (χ2v) is 4.86. The molecule has 0 aliphatic carbocycles. The summed E-state index contributed by atoms with van der Waals surface area (Å²) >= 11 is 0. The molecule has 1 saturated heterocycles. The number of rotatable bonds is 8. The predicted octanol–water partition coefficient (Wildman–Crippen LogP) is 0.637. The molecular weight excluding hydrogens is 214 g/mol. The topological polar surface area (TPSA) is 27.7 Å². The first-order valence-electron chi connectivity index (χ1n) is 6.87. The van der Waals surface area contributed by atoms with Crippen LogP contribution in [0, 0.1) is 0 Å². The smallest absolute Gasteiger partial charge is 0.0628 e. The van der Waals surface area contributed by atoms with E-state index < -0.39 is 0 Å². The van der Waals surface area contributed by atoms with Crippen LogP contribution in [0.15, 0.2) is 0 Å². The lowest BCUT2D eigenvalue weighted by Gasteiger charge is -2.27. The first kappa shape index (κ1) is 14.9. The average molecular weight is 243 g/mol. The van der Waals surface area contributed by atoms with Crippen molar-refractivity contribution in [2.45, 2.75) is 32.4 Å². The lowest BCUT2D eigenvalue weighted by Crippen LogP contribution is -2.43. The van der Waals surface area contributed by atoms with Crippen LogP contribution in [0.3, 0.4) is 0 Å². The van der Waals surface area contributed by atoms with Crippen molar-refractivity contribution in [2.75, 3.05) is 53.5 Å². The van der Waals surface area contributed by atoms with Gasteiger partial charge in [-0.05, 0) is 33.1 Å². The summed E-state index contributed by atoms with van der Waals surface area (Å²) in [5.74, 6) is 0. The van der Waals surface area contributed by atoms with Gasteiger partial charge >= 0.3 is 0 Å². The molecule has 102 valence electrons. The maximum Gasteiger partial charge on any atom is 0.0628 e. The van der Waals surface area contributed by atoms with E-state index in [1.54, 1.807) is 7.11 Å². The molecule has 0 aromatic carbocycles. The van der Waals surface area contributed by atoms with Crippen LogP contribution in [0.4, 0.5) is 0 Å². The van der Waals surface area contributed by atoms with Gasteiger partial charge in [-0.25, -0.2) is 0 Å². The molecule has 0 bridgehead atoms. The Hall–Kier alpha value is -0.160. The molecule has 1 fully saturated rings. The molecule has 0 aromatic heterocycles. The quantitative estimate of drug-likeness (QED) is 0.677. The van der Waals surface area contributed by atoms with Gasteiger partial charge in [-0.1, -0.05) is 13.8 Å². The molecule has 0 aromatic rings. The van der Waals surface area contributed by atoms with E-state index in [1.165, 1.54) is 32.6 Å². The normalized spacial score (nSPS) is 23.5. The average Bonchev–Trinajstić information content (AvgIpc) is 2.79. The first-order valence-corrected chi connectivity index (χ1v) is 6.87. The van der Waals surface area contributed by atoms with Crippen LogP contribution in [0.25, 0.3) is 0 Å². The molecule has 1 rings (SSSR count). The highest BCUT2D eigenvalue weighted by atomic mass is 16.5. The van der Waals surface area contributed by atoms with E-state index in [2.05, 4.69) is 29.0 Å². The lowest BCUT2D eigenvalue weighted by atomic mass is 10.2. The molecule has 2 atom stereocenters. The SMILES string of the molecule is CCN(CC)C1CCN(CC(COC)NC)C1. The monoisotopic (exact) mass is 243 g/mol. The Balaban J connectivity index is 2.33. The number of hydrogen-bond donors (Lipinski definition) is 1. The molecule has 17 heavy (non-hydrogen) atoms. The van der Waals surface area contributed by atoms with Crippen LogP contribution in [0.1, 0.15) is 20.3 Å². The number of ether oxygens (including phenoxy) is 1. The van der Waals surface area contributed by atoms with Crippen LogP contribution >= 0.6 is 0 Å². The van der Waals surface area contributed by atoms with Gasteiger partial charge in [0.05, 0.1) is 6.61 Å². The van der Waals surface area contributed by atoms with Crippen molar-refractivity contribution in [3.8, 4) is 0 Å². The zero-order valence-corrected chi connectivity index (χ0v) is 11.9. The third-order valence-corrected chi connectivity index (χ3v) is 3.83. The number of nitrogens with one attached hydrogen (secondary N) is 1. The number of likely N-dealkylation sites (N-methyl/N-ethyl adjacent to an activating group) is 2. The number of hydrogen-bond acceptors (Lipinski definition) is 4. The third-order valence-electron chi connectivity index (χ3n) is 3.83. The second-order valence-electron chi connectivity index (χ2n) is 4.86. The van der Waals surface area contributed by atoms with Crippen molar-refractivity contribution >= 4 is 0 Å². The zero-order chi connectivity index (χ0) is 12.7. The summed E-state index contributed by atoms with van der Waals surface area (Å²) in [5, 5.41) is 3.32. The van der Waals surface area contributed by atoms with Crippen molar-refractivity contribution in [3.63, 3.8) is 0 Å². The Morgan fingerprint density at radius 1 is 1.41 bits per heavy atom. The van der Waals surface area contributed by atoms with Gasteiger partial charge in [0.15, 0.2) is 0 Å². The van der Waals surface area contributed by atoms with E-state index in [9.17, 15) is 0 Å². The standard InChI is InChI=1S/C13H29N3O/c1-5-16(6-2)13-7-8-15(10-13)9-12(14-3)11-17-4/h12-14H,5-11H2,1-4H3. The van der Waals surface area contributed by atoms with Crippen molar-refractivity contribution in [3.05, 3.63) is 0 Å². The Morgan fingerprint density at radius 3 is 2.65 bits per heavy atom. The molecule has 1 heterocycles. The fourth-order valence-electron chi connectivity index (χ4n) is 2.76. The summed E-state index contributed by atoms with van der Waals surface area (Å²) in [6, 6.07) is 1.21. The number of nitrogens with zero attached hydrogens (tertiary/aromatic N) is 2. The molecule has 0 spiro atoms. The van der Waals surface area contributed by atoms with E-state index in [0.717, 1.165) is 19.2 Å². The summed E-state index contributed by atoms with van der Waals surface area (Å²) in [6.07, 6.45) is 1.31. The maximum absolute atomic E-state index is 5.22. The minimum Gasteiger partial charge on any atom is -0.383 e. The minimum absolute atomic E-state index is 0.454. The highest BCUT2D eigenvalue weighted by Crippen LogP contribution is 2.15. The van der Waals surface area contributed by atoms with Crippen LogP contribution in [-0.2, 0) is 4.74 Å². The van der Waals surface area contributed by atoms with Gasteiger partial charge in [0.1, 0.15) is 0 Å². The van der Waals surface area contributed by atoms with Gasteiger partial charge < -0.3 is 15.0 Å². The Bertz CT molecular complexity index is 197. The van der Waals surface area contributed by atoms with E-state index in [1.807, 2.05) is 7.05 Å². The van der Waals surface area contributed by atoms with Crippen LogP contribution in [-0.4, -0.2) is 75.4 Å². The second kappa shape index (κ2) is 8.03. The molecule has 2 unspecified atom stereocenters. The van der Waals surface area contributed by atoms with Gasteiger partial charge in [-0.15, -0.1) is 0 Å². The van der Waals surface area contributed by atoms with Crippen molar-refractivity contribution < 1.29 is 4.74 Å². The molecule has 0 amide bonds. The van der Waals surface area contributed by atoms with Gasteiger partial charge in [0.2, 0.25) is 0 Å². The molecule has 1 aliphatic rings. The van der Waals surface area contributed by atoms with E-state index in [0.29, 0.717) is 6.04 Å². The van der Waals surface area contributed by atoms with Gasteiger partial charge in [-0.2, -0.15) is 0 Å². The minimum atomic E-state index is 0.454. The molecule has 0 radical (unpaired) electrons. The van der Waals surface area contributed by atoms with Gasteiger partial charge in [0.25, 0.3) is 0 Å². The largest absolute Gasteiger partial charge is 0.383 e. The highest BCUT2D eigenvalue weighted by molar-refractivity contribution is 4.84. The van der Waals surface area contributed by atoms with E-state index >= 15 is 0 Å². The summed E-state index contributed by atoms with van der Waals surface area (Å²) in [5.41, 5.74) is 0. The fourth-order valence-corrected chi connectivity index (χ4v) is 2.76. The lowest BCUT2D eigenvalue weighted by molar-refractivity contribution is 0.144. The van der Waals surface area contributed by atoms with Crippen LogP contribution in [0.2, 0.25) is 0 Å². The summed E-state index contributed by atoms with van der Waals surface area (Å²) in [4.78, 5) is 5.13. The van der Waals surface area contributed by atoms with E-state index in [4.69, 9.17) is 4.74 Å². The van der Waals surface area contributed by atoms with Crippen molar-refractivity contribution in [2.24, 2.45) is 0 Å². The Morgan fingerprint density at radius 2 is 2.12 bits per heavy atom. The molecule has 0 saturated carbocycles. The molecule has 1 N–H and O–H groups in total. The van der Waals surface area contributed by atoms with E-state index in [-0.39, 0.29) is 0 Å². The predicted molar refractivity (Wildman–Crippen MR) is 72.5 cm³/mol. The molecule has 1 aliphatic heterocycles. The van der Waals surface area contributed by atoms with Crippen LogP contribution in [0.5, 0.6) is 0 Å². The summed E-state index contributed by atoms with van der Waals surface area (Å²) in [6.45, 7) is 11.2. The maximum atomic E-state index is 5.22. The third kappa shape index (κ3) is 4.54. The summed E-state index contributed by atoms with van der Waals surface area (Å²) in [7, 11) is 3.79. The zero-order valence-electron chi connectivity index (χ0n) is 11.9. The van der Waals surface area contributed by atoms with Crippen LogP contribution < -0.4 is 5.32 Å². The number of likely N-dealkylation sites (tertiary alicyclic amines) is 1. The van der Waals surface area contributed by atoms with Gasteiger partial charge in [0, 0.05) is 32.3 Å². The van der Waals surface area contributed by atoms with Crippen molar-refractivity contribution in [1.82, 2.24) is 15.1 Å². The Kier molecular flexibility index (Phi) is 7.04. The summed E-state index contributed by atoms with van der Waals surface area (Å²) < 4.78 is 5.22. The Labute approximate surface area is 106 Å². The van der Waals surface area contributed by atoms with Gasteiger partial charge in [-0.3, -0.25) is 4.90 Å².